The number of fused-ring (bicyclic) bond motifs is 2. The minimum atomic E-state index is -4.05. The molecule has 0 aromatic heterocycles. The monoisotopic (exact) mass is 687 g/mol. The third-order valence-electron chi connectivity index (χ3n) is 9.73. The summed E-state index contributed by atoms with van der Waals surface area (Å²) >= 11 is 0. The number of para-hydroxylation sites is 2. The van der Waals surface area contributed by atoms with Gasteiger partial charge in [0.05, 0.1) is 11.2 Å². The minimum absolute atomic E-state index is 0.0908. The molecule has 3 heterocycles. The van der Waals surface area contributed by atoms with Crippen molar-refractivity contribution in [1.82, 2.24) is 10.2 Å². The highest BCUT2D eigenvalue weighted by molar-refractivity contribution is 7.85. The highest BCUT2D eigenvalue weighted by Gasteiger charge is 2.44. The van der Waals surface area contributed by atoms with Crippen molar-refractivity contribution in [2.45, 2.75) is 70.6 Å². The summed E-state index contributed by atoms with van der Waals surface area (Å²) in [6.45, 7) is 10.5. The molecule has 260 valence electrons. The van der Waals surface area contributed by atoms with E-state index in [1.807, 2.05) is 12.1 Å². The predicted octanol–water partition coefficient (Wildman–Crippen LogP) is 5.18. The number of hydrogen-bond acceptors (Lipinski definition) is 6. The molecule has 0 saturated heterocycles. The molecule has 0 aliphatic carbocycles. The second-order valence-electron chi connectivity index (χ2n) is 13.8. The van der Waals surface area contributed by atoms with E-state index in [9.17, 15) is 27.4 Å². The van der Waals surface area contributed by atoms with Crippen molar-refractivity contribution in [2.75, 3.05) is 36.8 Å². The van der Waals surface area contributed by atoms with E-state index in [0.29, 0.717) is 19.4 Å². The van der Waals surface area contributed by atoms with Gasteiger partial charge in [-0.25, -0.2) is 0 Å². The second kappa shape index (κ2) is 14.6. The number of nitrogens with one attached hydrogen (secondary N) is 1. The standard InChI is InChI=1S/C38H46N4O6S/c1-37(2)28-14-7-9-16-30(28)40(24-11-5-6-20-34(43)39-23-26-42-35(44)21-22-36(42)45)32(37)18-12-19-33-38(3,4)29-15-8-10-17-31(29)41(33)25-13-27-49(46,47)48/h7-10,12,14-19,21-22H,5-6,11,13,20,23-27H2,1-4H3,(H-,39,43,46,47,48)/p+1. The normalized spacial score (nSPS) is 18.7. The Morgan fingerprint density at radius 3 is 2.24 bits per heavy atom. The average molecular weight is 688 g/mol. The number of rotatable bonds is 15. The number of benzene rings is 2. The summed E-state index contributed by atoms with van der Waals surface area (Å²) in [7, 11) is -4.05. The van der Waals surface area contributed by atoms with E-state index in [4.69, 9.17) is 0 Å². The molecular weight excluding hydrogens is 641 g/mol. The first-order chi connectivity index (χ1) is 23.2. The maximum Gasteiger partial charge on any atom is 0.265 e. The molecular formula is C38H47N4O6S+. The Hall–Kier alpha value is -4.35. The summed E-state index contributed by atoms with van der Waals surface area (Å²) in [5, 5.41) is 2.81. The molecule has 3 aliphatic rings. The van der Waals surface area contributed by atoms with Crippen LogP contribution in [0.3, 0.4) is 0 Å². The van der Waals surface area contributed by atoms with Gasteiger partial charge in [0.2, 0.25) is 11.6 Å². The van der Waals surface area contributed by atoms with Crippen LogP contribution in [-0.4, -0.2) is 77.8 Å². The average Bonchev–Trinajstić information content (AvgIpc) is 3.56. The van der Waals surface area contributed by atoms with Gasteiger partial charge in [0.1, 0.15) is 6.54 Å². The summed E-state index contributed by atoms with van der Waals surface area (Å²) in [5.41, 5.74) is 6.36. The molecule has 2 aromatic rings. The molecule has 5 rings (SSSR count). The number of carbonyl (C=O) groups is 3. The zero-order valence-electron chi connectivity index (χ0n) is 28.8. The van der Waals surface area contributed by atoms with Crippen LogP contribution >= 0.6 is 0 Å². The fraction of sp³-hybridized carbons (Fsp3) is 0.421. The molecule has 11 heteroatoms. The molecule has 49 heavy (non-hydrogen) atoms. The van der Waals surface area contributed by atoms with E-state index in [2.05, 4.69) is 97.1 Å². The van der Waals surface area contributed by atoms with Crippen molar-refractivity contribution in [3.8, 4) is 0 Å². The van der Waals surface area contributed by atoms with Crippen molar-refractivity contribution in [3.05, 3.63) is 95.7 Å². The largest absolute Gasteiger partial charge is 0.354 e. The lowest BCUT2D eigenvalue weighted by molar-refractivity contribution is -0.437. The minimum Gasteiger partial charge on any atom is -0.354 e. The van der Waals surface area contributed by atoms with Gasteiger partial charge in [-0.05, 0) is 44.4 Å². The van der Waals surface area contributed by atoms with Gasteiger partial charge in [-0.3, -0.25) is 23.8 Å². The molecule has 0 fully saturated rings. The lowest BCUT2D eigenvalue weighted by Crippen LogP contribution is -2.38. The van der Waals surface area contributed by atoms with Crippen molar-refractivity contribution in [2.24, 2.45) is 0 Å². The molecule has 3 aliphatic heterocycles. The number of anilines is 1. The van der Waals surface area contributed by atoms with E-state index >= 15 is 0 Å². The van der Waals surface area contributed by atoms with Gasteiger partial charge < -0.3 is 10.2 Å². The topological polar surface area (TPSA) is 127 Å². The molecule has 0 bridgehead atoms. The van der Waals surface area contributed by atoms with Gasteiger partial charge in [0.25, 0.3) is 21.9 Å². The lowest BCUT2D eigenvalue weighted by atomic mass is 9.81. The number of allylic oxidation sites excluding steroid dienone is 4. The van der Waals surface area contributed by atoms with Crippen LogP contribution in [-0.2, 0) is 35.3 Å². The van der Waals surface area contributed by atoms with Gasteiger partial charge in [0.15, 0.2) is 5.71 Å². The number of carbonyl (C=O) groups excluding carboxylic acids is 3. The number of amides is 3. The summed E-state index contributed by atoms with van der Waals surface area (Å²) < 4.78 is 34.4. The first-order valence-corrected chi connectivity index (χ1v) is 18.6. The maximum absolute atomic E-state index is 12.4. The Labute approximate surface area is 289 Å². The lowest BCUT2D eigenvalue weighted by Gasteiger charge is -2.27. The van der Waals surface area contributed by atoms with E-state index in [1.54, 1.807) is 0 Å². The molecule has 3 amide bonds. The molecule has 0 unspecified atom stereocenters. The Morgan fingerprint density at radius 2 is 1.53 bits per heavy atom. The summed E-state index contributed by atoms with van der Waals surface area (Å²) in [6, 6.07) is 16.6. The van der Waals surface area contributed by atoms with Crippen LogP contribution < -0.4 is 10.2 Å². The van der Waals surface area contributed by atoms with E-state index in [-0.39, 0.29) is 47.4 Å². The Kier molecular flexibility index (Phi) is 10.7. The summed E-state index contributed by atoms with van der Waals surface area (Å²) in [4.78, 5) is 39.2. The first-order valence-electron chi connectivity index (χ1n) is 17.0. The van der Waals surface area contributed by atoms with Crippen molar-refractivity contribution in [1.29, 1.82) is 0 Å². The first kappa shape index (κ1) is 35.9. The molecule has 2 N–H and O–H groups in total. The number of imide groups is 1. The Morgan fingerprint density at radius 1 is 0.857 bits per heavy atom. The van der Waals surface area contributed by atoms with Crippen molar-refractivity contribution in [3.63, 3.8) is 0 Å². The van der Waals surface area contributed by atoms with Crippen LogP contribution in [0.5, 0.6) is 0 Å². The fourth-order valence-corrected chi connectivity index (χ4v) is 7.67. The van der Waals surface area contributed by atoms with E-state index in [1.165, 1.54) is 34.7 Å². The SMILES string of the molecule is CC1(C)C(/C=C/C=C2/N(CCCCCC(=O)NCCN3C(=O)C=CC3=O)c3ccccc3C2(C)C)=[N+](CCCS(=O)(=O)O)c2ccccc21. The Bertz CT molecular complexity index is 1840. The number of hydrogen-bond donors (Lipinski definition) is 2. The highest BCUT2D eigenvalue weighted by Crippen LogP contribution is 2.48. The van der Waals surface area contributed by atoms with Gasteiger partial charge in [-0.1, -0.05) is 62.7 Å². The highest BCUT2D eigenvalue weighted by atomic mass is 32.2. The number of unbranched alkanes of at least 4 members (excludes halogenated alkanes) is 2. The van der Waals surface area contributed by atoms with E-state index in [0.717, 1.165) is 42.1 Å². The van der Waals surface area contributed by atoms with Crippen LogP contribution in [0.4, 0.5) is 11.4 Å². The van der Waals surface area contributed by atoms with Crippen molar-refractivity contribution >= 4 is 44.9 Å². The fourth-order valence-electron chi connectivity index (χ4n) is 7.18. The van der Waals surface area contributed by atoms with Crippen LogP contribution in [0, 0.1) is 0 Å². The third-order valence-corrected chi connectivity index (χ3v) is 10.5. The molecule has 0 spiro atoms. The smallest absolute Gasteiger partial charge is 0.265 e. The van der Waals surface area contributed by atoms with Crippen LogP contribution in [0.1, 0.15) is 70.9 Å². The molecule has 0 radical (unpaired) electrons. The summed E-state index contributed by atoms with van der Waals surface area (Å²) in [6.07, 6.45) is 12.1. The van der Waals surface area contributed by atoms with Crippen LogP contribution in [0.15, 0.2) is 84.6 Å². The number of nitrogens with zero attached hydrogens (tertiary/aromatic N) is 3. The van der Waals surface area contributed by atoms with E-state index < -0.39 is 10.1 Å². The van der Waals surface area contributed by atoms with Gasteiger partial charge in [0, 0.05) is 79.1 Å². The third kappa shape index (κ3) is 7.94. The predicted molar refractivity (Wildman–Crippen MR) is 192 cm³/mol. The Balaban J connectivity index is 1.26. The zero-order chi connectivity index (χ0) is 35.4. The van der Waals surface area contributed by atoms with Crippen LogP contribution in [0.2, 0.25) is 0 Å². The van der Waals surface area contributed by atoms with Gasteiger partial charge >= 0.3 is 0 Å². The molecule has 2 aromatic carbocycles. The van der Waals surface area contributed by atoms with Crippen molar-refractivity contribution < 1.29 is 31.9 Å². The van der Waals surface area contributed by atoms with Gasteiger partial charge in [-0.2, -0.15) is 13.0 Å². The maximum atomic E-state index is 12.4. The quantitative estimate of drug-likeness (QED) is 0.114. The second-order valence-corrected chi connectivity index (χ2v) is 15.4. The molecule has 0 saturated carbocycles. The van der Waals surface area contributed by atoms with Crippen LogP contribution in [0.25, 0.3) is 0 Å². The molecule has 0 atom stereocenters. The molecule has 10 nitrogen and oxygen atoms in total. The van der Waals surface area contributed by atoms with Gasteiger partial charge in [-0.15, -0.1) is 0 Å². The zero-order valence-corrected chi connectivity index (χ0v) is 29.6. The summed E-state index contributed by atoms with van der Waals surface area (Å²) in [5.74, 6) is -1.08.